The number of benzene rings is 1. The van der Waals surface area contributed by atoms with Crippen LogP contribution in [-0.4, -0.2) is 31.6 Å². The molecule has 6 heteroatoms. The second-order valence-electron chi connectivity index (χ2n) is 6.83. The SMILES string of the molecule is CN=C(NCc1ncc(C)s1)NCC1(c2ccccc2OC)CCCC1. The van der Waals surface area contributed by atoms with Crippen molar-refractivity contribution in [2.24, 2.45) is 4.99 Å². The maximum Gasteiger partial charge on any atom is 0.191 e. The lowest BCUT2D eigenvalue weighted by Crippen LogP contribution is -2.44. The molecule has 0 atom stereocenters. The van der Waals surface area contributed by atoms with Crippen LogP contribution in [0, 0.1) is 6.92 Å². The Kier molecular flexibility index (Phi) is 6.14. The molecule has 1 aromatic carbocycles. The molecule has 1 aliphatic rings. The van der Waals surface area contributed by atoms with E-state index in [1.807, 2.05) is 19.3 Å². The number of rotatable bonds is 6. The van der Waals surface area contributed by atoms with Crippen LogP contribution in [0.4, 0.5) is 0 Å². The summed E-state index contributed by atoms with van der Waals surface area (Å²) in [6.45, 7) is 3.62. The summed E-state index contributed by atoms with van der Waals surface area (Å²) in [5.41, 5.74) is 1.40. The molecular formula is C20H28N4OS. The zero-order valence-electron chi connectivity index (χ0n) is 15.8. The maximum atomic E-state index is 5.64. The summed E-state index contributed by atoms with van der Waals surface area (Å²) in [6, 6.07) is 8.42. The van der Waals surface area contributed by atoms with E-state index in [0.717, 1.165) is 23.3 Å². The zero-order chi connectivity index (χ0) is 18.4. The van der Waals surface area contributed by atoms with E-state index >= 15 is 0 Å². The molecule has 1 saturated carbocycles. The lowest BCUT2D eigenvalue weighted by atomic mass is 9.78. The number of methoxy groups -OCH3 is 1. The molecule has 1 aromatic heterocycles. The molecule has 26 heavy (non-hydrogen) atoms. The van der Waals surface area contributed by atoms with Crippen LogP contribution in [0.1, 0.15) is 41.1 Å². The van der Waals surface area contributed by atoms with E-state index in [1.165, 1.54) is 36.1 Å². The van der Waals surface area contributed by atoms with E-state index in [9.17, 15) is 0 Å². The number of aromatic nitrogens is 1. The van der Waals surface area contributed by atoms with Gasteiger partial charge in [0.25, 0.3) is 0 Å². The molecule has 0 amide bonds. The minimum Gasteiger partial charge on any atom is -0.496 e. The van der Waals surface area contributed by atoms with Crippen LogP contribution in [0.15, 0.2) is 35.5 Å². The molecule has 0 aliphatic heterocycles. The minimum absolute atomic E-state index is 0.0992. The van der Waals surface area contributed by atoms with Crippen LogP contribution in [0.3, 0.4) is 0 Å². The highest BCUT2D eigenvalue weighted by Gasteiger charge is 2.37. The lowest BCUT2D eigenvalue weighted by Gasteiger charge is -2.32. The van der Waals surface area contributed by atoms with Crippen LogP contribution in [0.5, 0.6) is 5.75 Å². The predicted octanol–water partition coefficient (Wildman–Crippen LogP) is 3.64. The van der Waals surface area contributed by atoms with E-state index in [1.54, 1.807) is 18.4 Å². The van der Waals surface area contributed by atoms with Crippen molar-refractivity contribution >= 4 is 17.3 Å². The van der Waals surface area contributed by atoms with Gasteiger partial charge in [-0.3, -0.25) is 4.99 Å². The summed E-state index contributed by atoms with van der Waals surface area (Å²) >= 11 is 1.71. The Labute approximate surface area is 159 Å². The fraction of sp³-hybridized carbons (Fsp3) is 0.500. The van der Waals surface area contributed by atoms with Crippen LogP contribution in [0.25, 0.3) is 0 Å². The van der Waals surface area contributed by atoms with E-state index in [4.69, 9.17) is 4.74 Å². The van der Waals surface area contributed by atoms with E-state index in [-0.39, 0.29) is 5.41 Å². The van der Waals surface area contributed by atoms with Gasteiger partial charge in [0, 0.05) is 35.6 Å². The Hall–Kier alpha value is -2.08. The van der Waals surface area contributed by atoms with Gasteiger partial charge in [0.2, 0.25) is 0 Å². The number of para-hydroxylation sites is 1. The zero-order valence-corrected chi connectivity index (χ0v) is 16.7. The fourth-order valence-corrected chi connectivity index (χ4v) is 4.52. The number of nitrogens with one attached hydrogen (secondary N) is 2. The quantitative estimate of drug-likeness (QED) is 0.600. The number of hydrogen-bond donors (Lipinski definition) is 2. The molecule has 0 unspecified atom stereocenters. The molecule has 140 valence electrons. The molecule has 1 aliphatic carbocycles. The van der Waals surface area contributed by atoms with Crippen molar-refractivity contribution in [3.05, 3.63) is 45.9 Å². The Morgan fingerprint density at radius 1 is 1.27 bits per heavy atom. The van der Waals surface area contributed by atoms with Gasteiger partial charge < -0.3 is 15.4 Å². The third-order valence-electron chi connectivity index (χ3n) is 5.13. The molecule has 0 radical (unpaired) electrons. The number of aryl methyl sites for hydroxylation is 1. The van der Waals surface area contributed by atoms with Gasteiger partial charge in [-0.2, -0.15) is 0 Å². The third-order valence-corrected chi connectivity index (χ3v) is 6.05. The number of thiazole rings is 1. The summed E-state index contributed by atoms with van der Waals surface area (Å²) in [4.78, 5) is 10.0. The van der Waals surface area contributed by atoms with Crippen LogP contribution < -0.4 is 15.4 Å². The van der Waals surface area contributed by atoms with Crippen molar-refractivity contribution in [1.29, 1.82) is 0 Å². The van der Waals surface area contributed by atoms with Crippen LogP contribution in [0.2, 0.25) is 0 Å². The monoisotopic (exact) mass is 372 g/mol. The van der Waals surface area contributed by atoms with Crippen molar-refractivity contribution < 1.29 is 4.74 Å². The van der Waals surface area contributed by atoms with Gasteiger partial charge in [0.1, 0.15) is 10.8 Å². The smallest absolute Gasteiger partial charge is 0.191 e. The van der Waals surface area contributed by atoms with Crippen LogP contribution in [-0.2, 0) is 12.0 Å². The van der Waals surface area contributed by atoms with Crippen molar-refractivity contribution in [3.8, 4) is 5.75 Å². The standard InChI is InChI=1S/C20H28N4OS/c1-15-12-22-18(26-15)13-23-19(21-2)24-14-20(10-6-7-11-20)16-8-4-5-9-17(16)25-3/h4-5,8-9,12H,6-7,10-11,13-14H2,1-3H3,(H2,21,23,24). The topological polar surface area (TPSA) is 58.5 Å². The Balaban J connectivity index is 1.68. The van der Waals surface area contributed by atoms with Gasteiger partial charge in [-0.05, 0) is 25.8 Å². The average Bonchev–Trinajstić information content (AvgIpc) is 3.31. The predicted molar refractivity (Wildman–Crippen MR) is 108 cm³/mol. The summed E-state index contributed by atoms with van der Waals surface area (Å²) in [5, 5.41) is 7.99. The molecule has 0 spiro atoms. The highest BCUT2D eigenvalue weighted by atomic mass is 32.1. The van der Waals surface area contributed by atoms with Crippen molar-refractivity contribution in [1.82, 2.24) is 15.6 Å². The summed E-state index contributed by atoms with van der Waals surface area (Å²) in [7, 11) is 3.57. The summed E-state index contributed by atoms with van der Waals surface area (Å²) in [6.07, 6.45) is 6.76. The van der Waals surface area contributed by atoms with Crippen LogP contribution >= 0.6 is 11.3 Å². The molecule has 3 rings (SSSR count). The third kappa shape index (κ3) is 4.18. The number of nitrogens with zero attached hydrogens (tertiary/aromatic N) is 2. The molecule has 1 heterocycles. The summed E-state index contributed by atoms with van der Waals surface area (Å²) < 4.78 is 5.64. The highest BCUT2D eigenvalue weighted by Crippen LogP contribution is 2.44. The van der Waals surface area contributed by atoms with Crippen molar-refractivity contribution in [2.75, 3.05) is 20.7 Å². The largest absolute Gasteiger partial charge is 0.496 e. The van der Waals surface area contributed by atoms with Gasteiger partial charge in [-0.15, -0.1) is 11.3 Å². The summed E-state index contributed by atoms with van der Waals surface area (Å²) in [5.74, 6) is 1.80. The van der Waals surface area contributed by atoms with Crippen molar-refractivity contribution in [2.45, 2.75) is 44.6 Å². The number of guanidine groups is 1. The first-order chi connectivity index (χ1) is 12.7. The second kappa shape index (κ2) is 8.54. The molecule has 0 saturated heterocycles. The molecule has 0 bridgehead atoms. The molecular weight excluding hydrogens is 344 g/mol. The molecule has 1 fully saturated rings. The fourth-order valence-electron chi connectivity index (χ4n) is 3.79. The Bertz CT molecular complexity index is 750. The maximum absolute atomic E-state index is 5.64. The van der Waals surface area contributed by atoms with Gasteiger partial charge in [-0.25, -0.2) is 4.98 Å². The first kappa shape index (κ1) is 18.7. The molecule has 2 aromatic rings. The Morgan fingerprint density at radius 2 is 2.04 bits per heavy atom. The molecule has 2 N–H and O–H groups in total. The minimum atomic E-state index is 0.0992. The van der Waals surface area contributed by atoms with Gasteiger partial charge in [0.15, 0.2) is 5.96 Å². The van der Waals surface area contributed by atoms with Gasteiger partial charge in [-0.1, -0.05) is 31.0 Å². The first-order valence-corrected chi connectivity index (χ1v) is 9.98. The number of hydrogen-bond acceptors (Lipinski definition) is 4. The number of ether oxygens (including phenoxy) is 1. The average molecular weight is 373 g/mol. The lowest BCUT2D eigenvalue weighted by molar-refractivity contribution is 0.371. The van der Waals surface area contributed by atoms with E-state index in [0.29, 0.717) is 6.54 Å². The van der Waals surface area contributed by atoms with Crippen molar-refractivity contribution in [3.63, 3.8) is 0 Å². The van der Waals surface area contributed by atoms with Gasteiger partial charge in [0.05, 0.1) is 13.7 Å². The first-order valence-electron chi connectivity index (χ1n) is 9.16. The normalized spacial score (nSPS) is 16.5. The van der Waals surface area contributed by atoms with E-state index < -0.39 is 0 Å². The van der Waals surface area contributed by atoms with E-state index in [2.05, 4.69) is 45.7 Å². The Morgan fingerprint density at radius 3 is 2.69 bits per heavy atom. The molecule has 5 nitrogen and oxygen atoms in total. The number of aliphatic imine (C=N–C) groups is 1. The van der Waals surface area contributed by atoms with Gasteiger partial charge >= 0.3 is 0 Å². The second-order valence-corrected chi connectivity index (χ2v) is 8.15. The highest BCUT2D eigenvalue weighted by molar-refractivity contribution is 7.11.